The molecule has 112 valence electrons. The summed E-state index contributed by atoms with van der Waals surface area (Å²) in [6, 6.07) is 20.9. The number of rotatable bonds is 2. The molecule has 22 heavy (non-hydrogen) atoms. The number of hydrogen-bond acceptors (Lipinski definition) is 3. The molecule has 2 aromatic carbocycles. The molecule has 2 aliphatic heterocycles. The van der Waals surface area contributed by atoms with Crippen molar-refractivity contribution in [3.8, 4) is 0 Å². The molecule has 2 aromatic rings. The zero-order chi connectivity index (χ0) is 15.2. The fourth-order valence-electron chi connectivity index (χ4n) is 4.32. The minimum Gasteiger partial charge on any atom is -0.405 e. The van der Waals surface area contributed by atoms with Crippen LogP contribution in [0.4, 0.5) is 0 Å². The molecule has 2 aliphatic rings. The number of benzene rings is 2. The smallest absolute Gasteiger partial charge is 0.381 e. The maximum Gasteiger partial charge on any atom is 0.381 e. The van der Waals surface area contributed by atoms with Crippen molar-refractivity contribution in [2.75, 3.05) is 6.54 Å². The van der Waals surface area contributed by atoms with Gasteiger partial charge >= 0.3 is 7.05 Å². The molecule has 0 unspecified atom stereocenters. The van der Waals surface area contributed by atoms with E-state index in [0.29, 0.717) is 0 Å². The van der Waals surface area contributed by atoms with E-state index in [1.807, 2.05) is 12.1 Å². The van der Waals surface area contributed by atoms with Gasteiger partial charge in [-0.1, -0.05) is 60.7 Å². The summed E-state index contributed by atoms with van der Waals surface area (Å²) in [5.74, 6) is 0. The van der Waals surface area contributed by atoms with Gasteiger partial charge in [0.25, 0.3) is 0 Å². The van der Waals surface area contributed by atoms with Crippen molar-refractivity contribution in [3.05, 3.63) is 71.8 Å². The third kappa shape index (κ3) is 1.69. The van der Waals surface area contributed by atoms with Gasteiger partial charge in [0, 0.05) is 0 Å². The van der Waals surface area contributed by atoms with E-state index in [-0.39, 0.29) is 7.05 Å². The van der Waals surface area contributed by atoms with E-state index in [2.05, 4.69) is 60.2 Å². The molecule has 0 aromatic heterocycles. The molecule has 4 heteroatoms. The topological polar surface area (TPSA) is 38.5 Å². The van der Waals surface area contributed by atoms with Crippen molar-refractivity contribution in [3.63, 3.8) is 0 Å². The quantitative estimate of drug-likeness (QED) is 0.865. The second kappa shape index (κ2) is 4.95. The van der Waals surface area contributed by atoms with Gasteiger partial charge in [0.15, 0.2) is 0 Å². The van der Waals surface area contributed by atoms with Gasteiger partial charge in [0.2, 0.25) is 0 Å². The first-order valence-corrected chi connectivity index (χ1v) is 8.03. The lowest BCUT2D eigenvalue weighted by atomic mass is 9.75. The Hall–Kier alpha value is -1.62. The highest BCUT2D eigenvalue weighted by atomic mass is 16.5. The minimum absolute atomic E-state index is 0.0212. The first-order chi connectivity index (χ1) is 10.7. The summed E-state index contributed by atoms with van der Waals surface area (Å²) in [5, 5.41) is 0. The fraction of sp³-hybridized carbons (Fsp3) is 0.333. The molecule has 3 nitrogen and oxygen atoms in total. The SMILES string of the molecule is CB1OC(c2ccccc2)(c2ccccc2)[C@@]2(N)CCCN12. The highest BCUT2D eigenvalue weighted by Crippen LogP contribution is 2.53. The highest BCUT2D eigenvalue weighted by molar-refractivity contribution is 6.48. The van der Waals surface area contributed by atoms with Crippen LogP contribution in [0.1, 0.15) is 24.0 Å². The van der Waals surface area contributed by atoms with Crippen LogP contribution in [0.2, 0.25) is 6.82 Å². The van der Waals surface area contributed by atoms with Crippen molar-refractivity contribution >= 4 is 7.05 Å². The summed E-state index contributed by atoms with van der Waals surface area (Å²) < 4.78 is 6.59. The van der Waals surface area contributed by atoms with Crippen LogP contribution in [0, 0.1) is 0 Å². The van der Waals surface area contributed by atoms with Crippen molar-refractivity contribution in [1.82, 2.24) is 4.81 Å². The molecule has 0 aliphatic carbocycles. The van der Waals surface area contributed by atoms with Crippen LogP contribution in [-0.2, 0) is 10.3 Å². The Labute approximate surface area is 132 Å². The van der Waals surface area contributed by atoms with Crippen LogP contribution in [0.15, 0.2) is 60.7 Å². The molecule has 0 spiro atoms. The van der Waals surface area contributed by atoms with Gasteiger partial charge in [-0.2, -0.15) is 0 Å². The number of nitrogens with zero attached hydrogens (tertiary/aromatic N) is 1. The predicted octanol–water partition coefficient (Wildman–Crippen LogP) is 2.83. The Morgan fingerprint density at radius 2 is 1.55 bits per heavy atom. The lowest BCUT2D eigenvalue weighted by Crippen LogP contribution is -2.61. The lowest BCUT2D eigenvalue weighted by Gasteiger charge is -2.44. The molecule has 2 N–H and O–H groups in total. The Balaban J connectivity index is 1.98. The molecule has 4 rings (SSSR count). The van der Waals surface area contributed by atoms with Crippen LogP contribution >= 0.6 is 0 Å². The Morgan fingerprint density at radius 1 is 1.00 bits per heavy atom. The van der Waals surface area contributed by atoms with Crippen LogP contribution in [0.3, 0.4) is 0 Å². The number of hydrogen-bond donors (Lipinski definition) is 1. The summed E-state index contributed by atoms with van der Waals surface area (Å²) in [4.78, 5) is 2.33. The van der Waals surface area contributed by atoms with E-state index in [1.54, 1.807) is 0 Å². The van der Waals surface area contributed by atoms with Crippen molar-refractivity contribution in [1.29, 1.82) is 0 Å². The Morgan fingerprint density at radius 3 is 2.09 bits per heavy atom. The second-order valence-corrected chi connectivity index (χ2v) is 6.35. The molecule has 0 amide bonds. The summed E-state index contributed by atoms with van der Waals surface area (Å²) in [6.45, 7) is 3.11. The average molecular weight is 292 g/mol. The molecule has 0 radical (unpaired) electrons. The van der Waals surface area contributed by atoms with E-state index in [0.717, 1.165) is 30.5 Å². The van der Waals surface area contributed by atoms with Gasteiger partial charge in [-0.25, -0.2) is 0 Å². The number of nitrogens with two attached hydrogens (primary N) is 1. The minimum atomic E-state index is -0.606. The first-order valence-electron chi connectivity index (χ1n) is 8.03. The van der Waals surface area contributed by atoms with Crippen molar-refractivity contribution < 1.29 is 4.65 Å². The molecule has 1 atom stereocenters. The number of fused-ring (bicyclic) bond motifs is 1. The van der Waals surface area contributed by atoms with Gasteiger partial charge in [0.05, 0.1) is 5.66 Å². The summed E-state index contributed by atoms with van der Waals surface area (Å²) in [6.07, 6.45) is 2.06. The summed E-state index contributed by atoms with van der Waals surface area (Å²) in [5.41, 5.74) is 8.18. The van der Waals surface area contributed by atoms with Gasteiger partial charge in [-0.3, -0.25) is 4.81 Å². The molecule has 0 saturated carbocycles. The molecule has 0 bridgehead atoms. The molecule has 2 fully saturated rings. The third-order valence-corrected chi connectivity index (χ3v) is 5.23. The third-order valence-electron chi connectivity index (χ3n) is 5.23. The second-order valence-electron chi connectivity index (χ2n) is 6.35. The summed E-state index contributed by atoms with van der Waals surface area (Å²) >= 11 is 0. The van der Waals surface area contributed by atoms with Gasteiger partial charge < -0.3 is 10.4 Å². The fourth-order valence-corrected chi connectivity index (χ4v) is 4.32. The first kappa shape index (κ1) is 14.0. The van der Waals surface area contributed by atoms with Crippen molar-refractivity contribution in [2.24, 2.45) is 5.73 Å². The Bertz CT molecular complexity index is 624. The molecule has 2 saturated heterocycles. The van der Waals surface area contributed by atoms with Crippen LogP contribution < -0.4 is 5.73 Å². The normalized spacial score (nSPS) is 27.1. The zero-order valence-corrected chi connectivity index (χ0v) is 12.9. The maximum atomic E-state index is 7.00. The van der Waals surface area contributed by atoms with Crippen LogP contribution in [0.25, 0.3) is 0 Å². The maximum absolute atomic E-state index is 7.00. The van der Waals surface area contributed by atoms with E-state index >= 15 is 0 Å². The Kier molecular flexibility index (Phi) is 3.15. The van der Waals surface area contributed by atoms with E-state index < -0.39 is 11.3 Å². The standard InChI is InChI=1S/C18H21BN2O/c1-19-21-14-8-13-17(21,20)18(22-19,15-9-4-2-5-10-15)16-11-6-3-7-12-16/h2-7,9-12H,8,13-14,20H2,1H3/t17-/m1/s1. The van der Waals surface area contributed by atoms with E-state index in [1.165, 1.54) is 0 Å². The average Bonchev–Trinajstić information content (AvgIpc) is 3.05. The van der Waals surface area contributed by atoms with Gasteiger partial charge in [-0.05, 0) is 37.3 Å². The monoisotopic (exact) mass is 292 g/mol. The van der Waals surface area contributed by atoms with Crippen LogP contribution in [0.5, 0.6) is 0 Å². The molecule has 2 heterocycles. The summed E-state index contributed by atoms with van der Waals surface area (Å²) in [7, 11) is 0.0212. The zero-order valence-electron chi connectivity index (χ0n) is 12.9. The predicted molar refractivity (Wildman–Crippen MR) is 89.2 cm³/mol. The van der Waals surface area contributed by atoms with E-state index in [9.17, 15) is 0 Å². The van der Waals surface area contributed by atoms with Gasteiger partial charge in [-0.15, -0.1) is 0 Å². The molecular formula is C18H21BN2O. The van der Waals surface area contributed by atoms with E-state index in [4.69, 9.17) is 10.4 Å². The molecular weight excluding hydrogens is 271 g/mol. The van der Waals surface area contributed by atoms with Crippen LogP contribution in [-0.4, -0.2) is 24.1 Å². The highest BCUT2D eigenvalue weighted by Gasteiger charge is 2.65. The van der Waals surface area contributed by atoms with Gasteiger partial charge in [0.1, 0.15) is 5.60 Å². The van der Waals surface area contributed by atoms with Crippen molar-refractivity contribution in [2.45, 2.75) is 30.9 Å². The largest absolute Gasteiger partial charge is 0.405 e. The lowest BCUT2D eigenvalue weighted by molar-refractivity contribution is 0.0384.